The first-order chi connectivity index (χ1) is 20.5. The van der Waals surface area contributed by atoms with Crippen LogP contribution in [0.2, 0.25) is 0 Å². The third kappa shape index (κ3) is 13.0. The van der Waals surface area contributed by atoms with Gasteiger partial charge < -0.3 is 0 Å². The summed E-state index contributed by atoms with van der Waals surface area (Å²) in [5.41, 5.74) is 0. The van der Waals surface area contributed by atoms with Crippen LogP contribution < -0.4 is 0 Å². The molecule has 0 radical (unpaired) electrons. The molecule has 4 fully saturated rings. The third-order valence-corrected chi connectivity index (χ3v) is 21.4. The summed E-state index contributed by atoms with van der Waals surface area (Å²) in [7, 11) is 0. The van der Waals surface area contributed by atoms with Gasteiger partial charge in [-0.25, -0.2) is 0 Å². The Hall–Kier alpha value is 2.10. The fraction of sp³-hybridized carbons (Fsp3) is 1.00. The van der Waals surface area contributed by atoms with E-state index >= 15 is 0 Å². The minimum atomic E-state index is 0.402. The molecule has 0 amide bonds. The summed E-state index contributed by atoms with van der Waals surface area (Å²) in [4.78, 5) is 0. The van der Waals surface area contributed by atoms with E-state index in [9.17, 15) is 0 Å². The van der Waals surface area contributed by atoms with E-state index in [1.807, 2.05) is 0 Å². The topological polar surface area (TPSA) is 0 Å². The van der Waals surface area contributed by atoms with Gasteiger partial charge in [-0.3, -0.25) is 0 Å². The quantitative estimate of drug-likeness (QED) is 0.0743. The molecule has 0 aliphatic carbocycles. The van der Waals surface area contributed by atoms with E-state index in [0.717, 1.165) is 0 Å². The second-order valence-electron chi connectivity index (χ2n) is 13.4. The first-order valence-electron chi connectivity index (χ1n) is 18.7. The summed E-state index contributed by atoms with van der Waals surface area (Å²) < 4.78 is 1.61. The van der Waals surface area contributed by atoms with Gasteiger partial charge in [0.25, 0.3) is 0 Å². The molecule has 4 aliphatic rings. The molecule has 0 saturated carbocycles. The molecule has 0 aromatic heterocycles. The number of unbranched alkanes of at least 4 members (excludes halogenated alkanes) is 20. The van der Waals surface area contributed by atoms with Gasteiger partial charge in [-0.15, -0.1) is 70.6 Å². The van der Waals surface area contributed by atoms with Crippen molar-refractivity contribution in [2.24, 2.45) is 0 Å². The Morgan fingerprint density at radius 3 is 0.595 bits per heavy atom. The van der Waals surface area contributed by atoms with Crippen molar-refractivity contribution in [3.05, 3.63) is 0 Å². The van der Waals surface area contributed by atoms with Crippen molar-refractivity contribution in [2.75, 3.05) is 0 Å². The molecule has 4 rings (SSSR count). The molecule has 0 aromatic rings. The van der Waals surface area contributed by atoms with Gasteiger partial charge in [0.2, 0.25) is 0 Å². The molecule has 0 N–H and O–H groups in total. The van der Waals surface area contributed by atoms with E-state index in [4.69, 9.17) is 0 Å². The smallest absolute Gasteiger partial charge is 0.104 e. The predicted octanol–water partition coefficient (Wildman–Crippen LogP) is 16.0. The SMILES string of the molecule is CCCCCCCCC12SC3(CCCCCCCC)SC(CCCCCCCC)(S1)SC(CCCCCCCC)(S2)S3. The highest BCUT2D eigenvalue weighted by Crippen LogP contribution is 2.91. The van der Waals surface area contributed by atoms with Gasteiger partial charge in [0.05, 0.1) is 0 Å². The van der Waals surface area contributed by atoms with Gasteiger partial charge in [-0.2, -0.15) is 0 Å². The zero-order valence-electron chi connectivity index (χ0n) is 28.2. The first-order valence-corrected chi connectivity index (χ1v) is 23.6. The number of thioether (sulfide) groups is 6. The maximum atomic E-state index is 2.48. The Bertz CT molecular complexity index is 547. The normalized spacial score (nSPS) is 30.0. The van der Waals surface area contributed by atoms with Crippen molar-refractivity contribution in [1.29, 1.82) is 0 Å². The lowest BCUT2D eigenvalue weighted by Gasteiger charge is -2.67. The maximum absolute atomic E-state index is 2.48. The summed E-state index contributed by atoms with van der Waals surface area (Å²) in [6.45, 7) is 9.40. The fourth-order valence-corrected chi connectivity index (χ4v) is 28.6. The predicted molar refractivity (Wildman–Crippen MR) is 208 cm³/mol. The highest BCUT2D eigenvalue weighted by Gasteiger charge is 2.71. The molecule has 0 spiro atoms. The van der Waals surface area contributed by atoms with Crippen LogP contribution in [0.5, 0.6) is 0 Å². The molecule has 248 valence electrons. The zero-order valence-corrected chi connectivity index (χ0v) is 33.1. The van der Waals surface area contributed by atoms with Crippen molar-refractivity contribution < 1.29 is 0 Å². The van der Waals surface area contributed by atoms with Crippen molar-refractivity contribution >= 4 is 70.6 Å². The molecule has 4 aliphatic heterocycles. The fourth-order valence-electron chi connectivity index (χ4n) is 6.77. The molecule has 4 heterocycles. The number of hydrogen-bond donors (Lipinski definition) is 0. The Morgan fingerprint density at radius 2 is 0.405 bits per heavy atom. The van der Waals surface area contributed by atoms with Crippen LogP contribution in [-0.2, 0) is 0 Å². The lowest BCUT2D eigenvalue weighted by Crippen LogP contribution is -2.53. The Morgan fingerprint density at radius 1 is 0.238 bits per heavy atom. The van der Waals surface area contributed by atoms with Crippen LogP contribution >= 0.6 is 70.6 Å². The molecular weight excluding hydrogens is 625 g/mol. The third-order valence-electron chi connectivity index (χ3n) is 9.21. The van der Waals surface area contributed by atoms with Crippen molar-refractivity contribution in [1.82, 2.24) is 0 Å². The van der Waals surface area contributed by atoms with Crippen molar-refractivity contribution in [3.63, 3.8) is 0 Å². The van der Waals surface area contributed by atoms with E-state index in [2.05, 4.69) is 98.3 Å². The average Bonchev–Trinajstić information content (AvgIpc) is 2.95. The van der Waals surface area contributed by atoms with Crippen molar-refractivity contribution in [2.45, 2.75) is 221 Å². The lowest BCUT2D eigenvalue weighted by atomic mass is 10.1. The van der Waals surface area contributed by atoms with Gasteiger partial charge in [0, 0.05) is 0 Å². The summed E-state index contributed by atoms with van der Waals surface area (Å²) in [5, 5.41) is 0. The minimum Gasteiger partial charge on any atom is -0.104 e. The van der Waals surface area contributed by atoms with Crippen molar-refractivity contribution in [3.8, 4) is 0 Å². The molecule has 42 heavy (non-hydrogen) atoms. The number of hydrogen-bond acceptors (Lipinski definition) is 6. The lowest BCUT2D eigenvalue weighted by molar-refractivity contribution is 0.578. The van der Waals surface area contributed by atoms with Crippen LogP contribution in [0.4, 0.5) is 0 Å². The molecule has 0 unspecified atom stereocenters. The van der Waals surface area contributed by atoms with Crippen LogP contribution in [0.25, 0.3) is 0 Å². The van der Waals surface area contributed by atoms with E-state index in [-0.39, 0.29) is 0 Å². The largest absolute Gasteiger partial charge is 0.113 e. The van der Waals surface area contributed by atoms with Gasteiger partial charge in [-0.1, -0.05) is 182 Å². The van der Waals surface area contributed by atoms with E-state index in [1.54, 1.807) is 0 Å². The molecule has 0 nitrogen and oxygen atoms in total. The van der Waals surface area contributed by atoms with E-state index < -0.39 is 0 Å². The van der Waals surface area contributed by atoms with Crippen LogP contribution in [0.3, 0.4) is 0 Å². The summed E-state index contributed by atoms with van der Waals surface area (Å²) in [6.07, 6.45) is 40.1. The molecule has 0 atom stereocenters. The highest BCUT2D eigenvalue weighted by atomic mass is 32.4. The maximum Gasteiger partial charge on any atom is 0.113 e. The van der Waals surface area contributed by atoms with Crippen LogP contribution in [-0.4, -0.2) is 13.6 Å². The minimum absolute atomic E-state index is 0.402. The first kappa shape index (κ1) is 38.5. The van der Waals surface area contributed by atoms with E-state index in [1.165, 1.54) is 180 Å². The Balaban J connectivity index is 1.73. The van der Waals surface area contributed by atoms with Gasteiger partial charge >= 0.3 is 0 Å². The Labute approximate surface area is 289 Å². The molecular formula is C36H68S6. The molecule has 4 bridgehead atoms. The number of rotatable bonds is 28. The standard InChI is InChI=1S/C36H68S6/c1-5-9-13-17-21-25-29-33-37-34(30-26-22-18-14-10-6-2)40-35(38-33,31-27-23-19-15-11-7-3)42-36(39-33,41-34)32-28-24-20-16-12-8-4/h5-32H2,1-4H3. The molecule has 4 saturated heterocycles. The monoisotopic (exact) mass is 692 g/mol. The van der Waals surface area contributed by atoms with Crippen LogP contribution in [0.15, 0.2) is 0 Å². The molecule has 0 aromatic carbocycles. The second kappa shape index (κ2) is 21.1. The zero-order chi connectivity index (χ0) is 30.0. The second-order valence-corrected chi connectivity index (χ2v) is 26.1. The Kier molecular flexibility index (Phi) is 19.4. The summed E-state index contributed by atoms with van der Waals surface area (Å²) in [6, 6.07) is 0. The van der Waals surface area contributed by atoms with Gasteiger partial charge in [0.1, 0.15) is 13.6 Å². The van der Waals surface area contributed by atoms with Gasteiger partial charge in [-0.05, 0) is 25.7 Å². The van der Waals surface area contributed by atoms with Crippen LogP contribution in [0, 0.1) is 0 Å². The van der Waals surface area contributed by atoms with Crippen LogP contribution in [0.1, 0.15) is 207 Å². The molecule has 6 heteroatoms. The van der Waals surface area contributed by atoms with Gasteiger partial charge in [0.15, 0.2) is 0 Å². The highest BCUT2D eigenvalue weighted by molar-refractivity contribution is 8.64. The van der Waals surface area contributed by atoms with E-state index in [0.29, 0.717) is 13.6 Å². The summed E-state index contributed by atoms with van der Waals surface area (Å²) in [5.74, 6) is 0. The average molecular weight is 693 g/mol. The summed E-state index contributed by atoms with van der Waals surface area (Å²) >= 11 is 14.9.